The lowest BCUT2D eigenvalue weighted by molar-refractivity contribution is 0.0727. The second kappa shape index (κ2) is 6.66. The van der Waals surface area contributed by atoms with E-state index in [1.54, 1.807) is 23.7 Å². The molecule has 0 aliphatic carbocycles. The maximum absolute atomic E-state index is 12.3. The van der Waals surface area contributed by atoms with Gasteiger partial charge in [-0.25, -0.2) is 9.48 Å². The van der Waals surface area contributed by atoms with Gasteiger partial charge < -0.3 is 4.74 Å². The molecule has 0 saturated heterocycles. The van der Waals surface area contributed by atoms with E-state index in [2.05, 4.69) is 17.2 Å². The number of carbonyl (C=O) groups excluding carboxylic acids is 1. The smallest absolute Gasteiger partial charge is 0.366 e. The monoisotopic (exact) mass is 321 g/mol. The Hall–Kier alpha value is -2.95. The lowest BCUT2D eigenvalue weighted by Gasteiger charge is -2.05. The Bertz CT molecular complexity index is 849. The van der Waals surface area contributed by atoms with Crippen LogP contribution < -0.4 is 4.74 Å². The standard InChI is InChI=1S/C19H19N3O2/c1-4-15-7-9-16(10-8-15)22-14(3)18(20-21-22)19(23)24-17-11-5-13(2)6-12-17/h5-12H,4H2,1-3H3. The molecule has 0 saturated carbocycles. The number of rotatable bonds is 4. The summed E-state index contributed by atoms with van der Waals surface area (Å²) in [6.07, 6.45) is 0.977. The highest BCUT2D eigenvalue weighted by Crippen LogP contribution is 2.17. The van der Waals surface area contributed by atoms with Gasteiger partial charge in [0.15, 0.2) is 5.69 Å². The first-order valence-corrected chi connectivity index (χ1v) is 7.89. The number of aromatic nitrogens is 3. The summed E-state index contributed by atoms with van der Waals surface area (Å²) in [6, 6.07) is 15.3. The van der Waals surface area contributed by atoms with Crippen LogP contribution in [0, 0.1) is 13.8 Å². The molecule has 0 bridgehead atoms. The van der Waals surface area contributed by atoms with Crippen LogP contribution in [0.3, 0.4) is 0 Å². The molecule has 0 N–H and O–H groups in total. The molecule has 0 radical (unpaired) electrons. The second-order valence-electron chi connectivity index (χ2n) is 5.66. The van der Waals surface area contributed by atoms with Crippen molar-refractivity contribution < 1.29 is 9.53 Å². The highest BCUT2D eigenvalue weighted by molar-refractivity contribution is 5.90. The lowest BCUT2D eigenvalue weighted by atomic mass is 10.1. The van der Waals surface area contributed by atoms with Gasteiger partial charge in [0.25, 0.3) is 0 Å². The van der Waals surface area contributed by atoms with Crippen molar-refractivity contribution in [3.8, 4) is 11.4 Å². The van der Waals surface area contributed by atoms with E-state index in [0.717, 1.165) is 17.7 Å². The van der Waals surface area contributed by atoms with Crippen LogP contribution in [0.4, 0.5) is 0 Å². The van der Waals surface area contributed by atoms with Gasteiger partial charge in [-0.2, -0.15) is 0 Å². The van der Waals surface area contributed by atoms with Gasteiger partial charge in [-0.3, -0.25) is 0 Å². The average molecular weight is 321 g/mol. The molecular weight excluding hydrogens is 302 g/mol. The van der Waals surface area contributed by atoms with E-state index in [1.807, 2.05) is 43.3 Å². The summed E-state index contributed by atoms with van der Waals surface area (Å²) in [7, 11) is 0. The van der Waals surface area contributed by atoms with E-state index in [9.17, 15) is 4.79 Å². The zero-order valence-electron chi connectivity index (χ0n) is 14.0. The lowest BCUT2D eigenvalue weighted by Crippen LogP contribution is -2.11. The summed E-state index contributed by atoms with van der Waals surface area (Å²) in [4.78, 5) is 12.3. The van der Waals surface area contributed by atoms with Crippen molar-refractivity contribution in [1.29, 1.82) is 0 Å². The molecule has 3 aromatic rings. The van der Waals surface area contributed by atoms with Gasteiger partial charge in [0.2, 0.25) is 0 Å². The molecule has 1 aromatic heterocycles. The van der Waals surface area contributed by atoms with Crippen molar-refractivity contribution in [2.24, 2.45) is 0 Å². The first kappa shape index (κ1) is 15.9. The summed E-state index contributed by atoms with van der Waals surface area (Å²) >= 11 is 0. The van der Waals surface area contributed by atoms with Crippen LogP contribution in [-0.2, 0) is 6.42 Å². The molecule has 5 nitrogen and oxygen atoms in total. The molecule has 2 aromatic carbocycles. The van der Waals surface area contributed by atoms with Crippen LogP contribution in [0.2, 0.25) is 0 Å². The number of ether oxygens (including phenoxy) is 1. The van der Waals surface area contributed by atoms with Crippen LogP contribution in [0.25, 0.3) is 5.69 Å². The number of hydrogen-bond acceptors (Lipinski definition) is 4. The van der Waals surface area contributed by atoms with E-state index in [0.29, 0.717) is 11.4 Å². The molecule has 0 atom stereocenters. The zero-order chi connectivity index (χ0) is 17.1. The summed E-state index contributed by atoms with van der Waals surface area (Å²) in [5.74, 6) is -0.0142. The van der Waals surface area contributed by atoms with Crippen molar-refractivity contribution >= 4 is 5.97 Å². The molecule has 0 aliphatic rings. The van der Waals surface area contributed by atoms with Crippen molar-refractivity contribution in [3.63, 3.8) is 0 Å². The van der Waals surface area contributed by atoms with Crippen molar-refractivity contribution in [3.05, 3.63) is 71.0 Å². The third-order valence-corrected chi connectivity index (χ3v) is 3.91. The zero-order valence-corrected chi connectivity index (χ0v) is 14.0. The van der Waals surface area contributed by atoms with Gasteiger partial charge >= 0.3 is 5.97 Å². The molecule has 0 fully saturated rings. The number of esters is 1. The van der Waals surface area contributed by atoms with Gasteiger partial charge in [0, 0.05) is 0 Å². The highest BCUT2D eigenvalue weighted by Gasteiger charge is 2.19. The number of aryl methyl sites for hydroxylation is 2. The van der Waals surface area contributed by atoms with Crippen LogP contribution >= 0.6 is 0 Å². The normalized spacial score (nSPS) is 10.6. The topological polar surface area (TPSA) is 57.0 Å². The van der Waals surface area contributed by atoms with Gasteiger partial charge in [-0.15, -0.1) is 5.10 Å². The third kappa shape index (κ3) is 3.20. The fourth-order valence-electron chi connectivity index (χ4n) is 2.40. The summed E-state index contributed by atoms with van der Waals surface area (Å²) in [5.41, 5.74) is 4.08. The van der Waals surface area contributed by atoms with E-state index < -0.39 is 5.97 Å². The molecular formula is C19H19N3O2. The third-order valence-electron chi connectivity index (χ3n) is 3.91. The molecule has 0 unspecified atom stereocenters. The molecule has 1 heterocycles. The second-order valence-corrected chi connectivity index (χ2v) is 5.66. The van der Waals surface area contributed by atoms with Crippen LogP contribution in [-0.4, -0.2) is 21.0 Å². The van der Waals surface area contributed by atoms with Crippen LogP contribution in [0.1, 0.15) is 34.2 Å². The van der Waals surface area contributed by atoms with Crippen LogP contribution in [0.15, 0.2) is 48.5 Å². The quantitative estimate of drug-likeness (QED) is 0.543. The average Bonchev–Trinajstić information content (AvgIpc) is 2.98. The van der Waals surface area contributed by atoms with Crippen molar-refractivity contribution in [1.82, 2.24) is 15.0 Å². The van der Waals surface area contributed by atoms with Crippen molar-refractivity contribution in [2.45, 2.75) is 27.2 Å². The minimum absolute atomic E-state index is 0.218. The number of benzene rings is 2. The Labute approximate surface area is 140 Å². The first-order chi connectivity index (χ1) is 11.6. The Morgan fingerprint density at radius 1 is 1.04 bits per heavy atom. The van der Waals surface area contributed by atoms with E-state index in [1.165, 1.54) is 5.56 Å². The summed E-state index contributed by atoms with van der Waals surface area (Å²) in [6.45, 7) is 5.89. The number of nitrogens with zero attached hydrogens (tertiary/aromatic N) is 3. The van der Waals surface area contributed by atoms with E-state index in [-0.39, 0.29) is 5.69 Å². The summed E-state index contributed by atoms with van der Waals surface area (Å²) in [5, 5.41) is 8.07. The highest BCUT2D eigenvalue weighted by atomic mass is 16.5. The van der Waals surface area contributed by atoms with Crippen LogP contribution in [0.5, 0.6) is 5.75 Å². The molecule has 0 amide bonds. The molecule has 3 rings (SSSR count). The van der Waals surface area contributed by atoms with Gasteiger partial charge in [0.05, 0.1) is 11.4 Å². The molecule has 0 spiro atoms. The Balaban J connectivity index is 1.83. The van der Waals surface area contributed by atoms with E-state index in [4.69, 9.17) is 4.74 Å². The maximum atomic E-state index is 12.3. The van der Waals surface area contributed by atoms with Gasteiger partial charge in [-0.1, -0.05) is 42.0 Å². The minimum Gasteiger partial charge on any atom is -0.422 e. The Kier molecular flexibility index (Phi) is 4.42. The van der Waals surface area contributed by atoms with Gasteiger partial charge in [-0.05, 0) is 50.1 Å². The molecule has 24 heavy (non-hydrogen) atoms. The van der Waals surface area contributed by atoms with Crippen molar-refractivity contribution in [2.75, 3.05) is 0 Å². The fraction of sp³-hybridized carbons (Fsp3) is 0.211. The predicted octanol–water partition coefficient (Wildman–Crippen LogP) is 3.67. The maximum Gasteiger partial charge on any atom is 0.366 e. The fourth-order valence-corrected chi connectivity index (χ4v) is 2.40. The first-order valence-electron chi connectivity index (χ1n) is 7.89. The number of carbonyl (C=O) groups is 1. The predicted molar refractivity (Wildman–Crippen MR) is 91.6 cm³/mol. The van der Waals surface area contributed by atoms with E-state index >= 15 is 0 Å². The Morgan fingerprint density at radius 2 is 1.71 bits per heavy atom. The SMILES string of the molecule is CCc1ccc(-n2nnc(C(=O)Oc3ccc(C)cc3)c2C)cc1. The molecule has 0 aliphatic heterocycles. The number of hydrogen-bond donors (Lipinski definition) is 0. The molecule has 122 valence electrons. The van der Waals surface area contributed by atoms with Gasteiger partial charge in [0.1, 0.15) is 5.75 Å². The summed E-state index contributed by atoms with van der Waals surface area (Å²) < 4.78 is 7.01. The molecule has 5 heteroatoms. The largest absolute Gasteiger partial charge is 0.422 e. The minimum atomic E-state index is -0.507. The Morgan fingerprint density at radius 3 is 2.33 bits per heavy atom.